The zero-order valence-electron chi connectivity index (χ0n) is 15.4. The van der Waals surface area contributed by atoms with Crippen molar-refractivity contribution >= 4 is 40.3 Å². The highest BCUT2D eigenvalue weighted by Gasteiger charge is 2.17. The van der Waals surface area contributed by atoms with E-state index in [1.807, 2.05) is 24.6 Å². The molecule has 0 radical (unpaired) electrons. The van der Waals surface area contributed by atoms with Gasteiger partial charge in [-0.25, -0.2) is 15.0 Å². The molecule has 0 saturated carbocycles. The molecule has 4 heterocycles. The normalized spacial score (nSPS) is 11.6. The first-order chi connectivity index (χ1) is 13.5. The second-order valence-electron chi connectivity index (χ2n) is 6.32. The number of anilines is 1. The highest BCUT2D eigenvalue weighted by molar-refractivity contribution is 7.19. The highest BCUT2D eigenvalue weighted by atomic mass is 32.1. The number of carbonyl (C=O) groups is 1. The molecule has 0 aliphatic heterocycles. The van der Waals surface area contributed by atoms with Gasteiger partial charge in [-0.15, -0.1) is 11.3 Å². The number of hydrogen-bond donors (Lipinski definition) is 3. The van der Waals surface area contributed by atoms with Gasteiger partial charge in [0, 0.05) is 36.6 Å². The third-order valence-electron chi connectivity index (χ3n) is 4.45. The molecular formula is C17H19N9OS. The van der Waals surface area contributed by atoms with Crippen molar-refractivity contribution in [3.63, 3.8) is 0 Å². The zero-order valence-corrected chi connectivity index (χ0v) is 16.2. The van der Waals surface area contributed by atoms with E-state index in [9.17, 15) is 4.79 Å². The number of rotatable bonds is 7. The predicted molar refractivity (Wildman–Crippen MR) is 107 cm³/mol. The monoisotopic (exact) mass is 397 g/mol. The molecule has 0 aromatic carbocycles. The van der Waals surface area contributed by atoms with Gasteiger partial charge < -0.3 is 15.3 Å². The average molecular weight is 397 g/mol. The summed E-state index contributed by atoms with van der Waals surface area (Å²) in [6.07, 6.45) is 6.37. The van der Waals surface area contributed by atoms with Crippen LogP contribution in [0.4, 0.5) is 5.95 Å². The summed E-state index contributed by atoms with van der Waals surface area (Å²) >= 11 is 1.61. The topological polar surface area (TPSA) is 134 Å². The molecule has 28 heavy (non-hydrogen) atoms. The van der Waals surface area contributed by atoms with Crippen molar-refractivity contribution in [2.75, 3.05) is 5.73 Å². The smallest absolute Gasteiger partial charge is 0.230 e. The van der Waals surface area contributed by atoms with Crippen LogP contribution in [-0.2, 0) is 24.8 Å². The summed E-state index contributed by atoms with van der Waals surface area (Å²) < 4.78 is 3.07. The Labute approximate surface area is 164 Å². The van der Waals surface area contributed by atoms with Crippen LogP contribution in [0.5, 0.6) is 0 Å². The summed E-state index contributed by atoms with van der Waals surface area (Å²) in [5.41, 5.74) is 10.2. The lowest BCUT2D eigenvalue weighted by Crippen LogP contribution is -2.15. The van der Waals surface area contributed by atoms with E-state index >= 15 is 0 Å². The number of hydrazone groups is 1. The van der Waals surface area contributed by atoms with E-state index in [-0.39, 0.29) is 6.54 Å². The molecule has 0 atom stereocenters. The maximum atomic E-state index is 11.4. The number of thiazole rings is 1. The van der Waals surface area contributed by atoms with Crippen LogP contribution in [0.15, 0.2) is 23.6 Å². The molecule has 0 fully saturated rings. The van der Waals surface area contributed by atoms with E-state index in [1.54, 1.807) is 29.9 Å². The average Bonchev–Trinajstić information content (AvgIpc) is 3.45. The van der Waals surface area contributed by atoms with Crippen molar-refractivity contribution in [1.29, 1.82) is 0 Å². The van der Waals surface area contributed by atoms with Crippen LogP contribution in [-0.4, -0.2) is 47.4 Å². The fourth-order valence-electron chi connectivity index (χ4n) is 2.90. The molecule has 144 valence electrons. The van der Waals surface area contributed by atoms with Gasteiger partial charge >= 0.3 is 0 Å². The summed E-state index contributed by atoms with van der Waals surface area (Å²) in [6.45, 7) is 2.26. The molecule has 10 nitrogen and oxygen atoms in total. The first kappa shape index (κ1) is 17.9. The minimum Gasteiger partial charge on any atom is -0.369 e. The number of carbonyl (C=O) groups excluding carboxylic acids is 1. The second kappa shape index (κ2) is 7.27. The number of H-pyrrole nitrogens is 2. The Morgan fingerprint density at radius 1 is 1.43 bits per heavy atom. The second-order valence-corrected chi connectivity index (χ2v) is 7.40. The predicted octanol–water partition coefficient (Wildman–Crippen LogP) is 1.55. The van der Waals surface area contributed by atoms with Crippen molar-refractivity contribution in [2.45, 2.75) is 19.9 Å². The Hall–Kier alpha value is -3.47. The molecule has 0 aliphatic carbocycles. The van der Waals surface area contributed by atoms with Crippen LogP contribution in [0, 0.1) is 6.92 Å². The number of hydrogen-bond acceptors (Lipinski definition) is 7. The van der Waals surface area contributed by atoms with Crippen LogP contribution in [0.1, 0.15) is 27.7 Å². The summed E-state index contributed by atoms with van der Waals surface area (Å²) in [5, 5.41) is 13.5. The number of aromatic amines is 2. The number of nitrogens with one attached hydrogen (secondary N) is 2. The minimum absolute atomic E-state index is 0.257. The lowest BCUT2D eigenvalue weighted by molar-refractivity contribution is -0.118. The van der Waals surface area contributed by atoms with Crippen molar-refractivity contribution in [2.24, 2.45) is 12.1 Å². The molecular weight excluding hydrogens is 378 g/mol. The van der Waals surface area contributed by atoms with Gasteiger partial charge in [-0.05, 0) is 13.0 Å². The van der Waals surface area contributed by atoms with Gasteiger partial charge in [-0.1, -0.05) is 0 Å². The molecule has 0 bridgehead atoms. The van der Waals surface area contributed by atoms with Crippen LogP contribution in [0.2, 0.25) is 0 Å². The molecule has 0 unspecified atom stereocenters. The van der Waals surface area contributed by atoms with E-state index in [2.05, 4.69) is 25.3 Å². The standard InChI is InChI=1S/C17H19N9OS/c1-10-13(7-21-26(9-27)8-12-6-19-17(18)22-12)15-16(25(10)2)23-14(28-15)5-11-3-4-20-24-11/h3-4,6-7,9H,5,8H2,1-2H3,(H,20,24)(H3,18,19,22)/b21-7-. The van der Waals surface area contributed by atoms with Gasteiger partial charge in [0.05, 0.1) is 29.4 Å². The van der Waals surface area contributed by atoms with E-state index in [1.165, 1.54) is 5.01 Å². The summed E-state index contributed by atoms with van der Waals surface area (Å²) in [4.78, 5) is 22.9. The Morgan fingerprint density at radius 3 is 2.96 bits per heavy atom. The van der Waals surface area contributed by atoms with Crippen molar-refractivity contribution in [3.8, 4) is 0 Å². The third kappa shape index (κ3) is 3.39. The van der Waals surface area contributed by atoms with Gasteiger partial charge in [-0.2, -0.15) is 10.2 Å². The maximum absolute atomic E-state index is 11.4. The quantitative estimate of drug-likeness (QED) is 0.247. The van der Waals surface area contributed by atoms with Crippen LogP contribution in [0.3, 0.4) is 0 Å². The third-order valence-corrected chi connectivity index (χ3v) is 5.52. The molecule has 0 spiro atoms. The zero-order chi connectivity index (χ0) is 19.7. The largest absolute Gasteiger partial charge is 0.369 e. The van der Waals surface area contributed by atoms with E-state index in [0.717, 1.165) is 32.3 Å². The first-order valence-electron chi connectivity index (χ1n) is 8.53. The molecule has 4 aromatic rings. The Kier molecular flexibility index (Phi) is 4.65. The van der Waals surface area contributed by atoms with Gasteiger partial charge in [0.1, 0.15) is 5.01 Å². The highest BCUT2D eigenvalue weighted by Crippen LogP contribution is 2.30. The number of nitrogens with zero attached hydrogens (tertiary/aromatic N) is 6. The number of nitrogens with two attached hydrogens (primary N) is 1. The van der Waals surface area contributed by atoms with Gasteiger partial charge in [0.2, 0.25) is 6.41 Å². The number of nitrogen functional groups attached to an aromatic ring is 1. The first-order valence-corrected chi connectivity index (χ1v) is 9.35. The van der Waals surface area contributed by atoms with Crippen LogP contribution >= 0.6 is 11.3 Å². The van der Waals surface area contributed by atoms with Crippen LogP contribution in [0.25, 0.3) is 10.3 Å². The molecule has 0 aliphatic rings. The van der Waals surface area contributed by atoms with Crippen molar-refractivity contribution < 1.29 is 4.79 Å². The molecule has 4 aromatic heterocycles. The lowest BCUT2D eigenvalue weighted by atomic mass is 10.3. The van der Waals surface area contributed by atoms with Gasteiger partial charge in [0.25, 0.3) is 0 Å². The fraction of sp³-hybridized carbons (Fsp3) is 0.235. The molecule has 4 N–H and O–H groups in total. The SMILES string of the molecule is Cc1c(/C=N\N(C=O)Cc2cnc(N)[nH]2)c2sc(Cc3ccn[nH]3)nc2n1C. The number of imidazole rings is 1. The van der Waals surface area contributed by atoms with E-state index in [0.29, 0.717) is 24.5 Å². The number of aromatic nitrogens is 6. The Bertz CT molecular complexity index is 1140. The number of fused-ring (bicyclic) bond motifs is 1. The molecule has 11 heteroatoms. The number of aryl methyl sites for hydroxylation is 1. The molecule has 4 rings (SSSR count). The summed E-state index contributed by atoms with van der Waals surface area (Å²) in [5.74, 6) is 0.305. The number of amides is 1. The summed E-state index contributed by atoms with van der Waals surface area (Å²) in [7, 11) is 1.97. The van der Waals surface area contributed by atoms with E-state index in [4.69, 9.17) is 10.7 Å². The maximum Gasteiger partial charge on any atom is 0.230 e. The van der Waals surface area contributed by atoms with Crippen molar-refractivity contribution in [3.05, 3.63) is 46.1 Å². The Morgan fingerprint density at radius 2 is 2.29 bits per heavy atom. The van der Waals surface area contributed by atoms with Gasteiger partial charge in [-0.3, -0.25) is 9.89 Å². The Balaban J connectivity index is 1.61. The van der Waals surface area contributed by atoms with E-state index < -0.39 is 0 Å². The molecule has 1 amide bonds. The van der Waals surface area contributed by atoms with Gasteiger partial charge in [0.15, 0.2) is 11.6 Å². The fourth-order valence-corrected chi connectivity index (χ4v) is 4.08. The molecule has 0 saturated heterocycles. The lowest BCUT2D eigenvalue weighted by Gasteiger charge is -2.08. The minimum atomic E-state index is 0.257. The van der Waals surface area contributed by atoms with Crippen molar-refractivity contribution in [1.82, 2.24) is 34.7 Å². The van der Waals surface area contributed by atoms with Crippen LogP contribution < -0.4 is 5.73 Å². The summed E-state index contributed by atoms with van der Waals surface area (Å²) in [6, 6.07) is 1.93.